The van der Waals surface area contributed by atoms with Crippen LogP contribution in [0.5, 0.6) is 5.75 Å². The number of anilines is 1. The number of ether oxygens (including phenoxy) is 1. The van der Waals surface area contributed by atoms with E-state index in [4.69, 9.17) is 16.3 Å². The Labute approximate surface area is 235 Å². The Morgan fingerprint density at radius 2 is 2.00 bits per heavy atom. The van der Waals surface area contributed by atoms with Gasteiger partial charge in [0.2, 0.25) is 10.0 Å². The van der Waals surface area contributed by atoms with Gasteiger partial charge >= 0.3 is 0 Å². The standard InChI is InChI=1S/C30H35ClN2O5S/c31-23-9-11-25-20(15-23)5-4-13-30(25)18-33-17-22-7-10-24(22)27(34)6-2-1-3-14-39(36,37)32-29(35)21-8-12-28(38-19-30)26(33)16-21/h1-2,8-9,11-12,15-16,22,24,27,34H,3-7,10,13-14,17-19H2,(H,32,35)/b2-1-/t22-,24+,27+,30-/m0/s1. The van der Waals surface area contributed by atoms with E-state index >= 15 is 0 Å². The summed E-state index contributed by atoms with van der Waals surface area (Å²) in [7, 11) is -3.80. The zero-order chi connectivity index (χ0) is 27.2. The van der Waals surface area contributed by atoms with Crippen LogP contribution >= 0.6 is 11.6 Å². The molecule has 0 saturated heterocycles. The fraction of sp³-hybridized carbons (Fsp3) is 0.500. The zero-order valence-electron chi connectivity index (χ0n) is 21.9. The van der Waals surface area contributed by atoms with Crippen LogP contribution in [0.4, 0.5) is 5.69 Å². The molecule has 39 heavy (non-hydrogen) atoms. The minimum atomic E-state index is -3.80. The lowest BCUT2D eigenvalue weighted by Crippen LogP contribution is -2.49. The van der Waals surface area contributed by atoms with Crippen molar-refractivity contribution in [3.8, 4) is 5.75 Å². The molecule has 2 heterocycles. The molecule has 208 valence electrons. The second-order valence-electron chi connectivity index (χ2n) is 11.6. The molecule has 7 nitrogen and oxygen atoms in total. The Kier molecular flexibility index (Phi) is 7.14. The number of benzene rings is 2. The number of nitrogens with one attached hydrogen (secondary N) is 1. The maximum absolute atomic E-state index is 13.0. The number of sulfonamides is 1. The van der Waals surface area contributed by atoms with Crippen LogP contribution < -0.4 is 14.4 Å². The number of amides is 1. The molecule has 6 rings (SSSR count). The fourth-order valence-electron chi connectivity index (χ4n) is 6.87. The molecule has 0 radical (unpaired) electrons. The van der Waals surface area contributed by atoms with Crippen molar-refractivity contribution < 1.29 is 23.1 Å². The largest absolute Gasteiger partial charge is 0.490 e. The molecule has 1 fully saturated rings. The van der Waals surface area contributed by atoms with Gasteiger partial charge in [-0.25, -0.2) is 13.1 Å². The SMILES string of the molecule is O=C1NS(=O)(=O)CC/C=C\C[C@@H](O)[C@@H]2CC[C@H]2CN2C[C@@]3(CCCc4cc(Cl)ccc43)COc3ccc1cc32. The molecule has 4 aliphatic rings. The summed E-state index contributed by atoms with van der Waals surface area (Å²) in [4.78, 5) is 15.4. The Balaban J connectivity index is 1.41. The highest BCUT2D eigenvalue weighted by Crippen LogP contribution is 2.46. The third kappa shape index (κ3) is 5.31. The first-order valence-corrected chi connectivity index (χ1v) is 15.9. The maximum Gasteiger partial charge on any atom is 0.264 e. The summed E-state index contributed by atoms with van der Waals surface area (Å²) in [5.41, 5.74) is 3.35. The van der Waals surface area contributed by atoms with Crippen molar-refractivity contribution in [2.24, 2.45) is 11.8 Å². The van der Waals surface area contributed by atoms with E-state index in [-0.39, 0.29) is 29.1 Å². The third-order valence-electron chi connectivity index (χ3n) is 9.07. The summed E-state index contributed by atoms with van der Waals surface area (Å²) in [5.74, 6) is 0.355. The molecule has 2 aromatic rings. The number of carbonyl (C=O) groups excluding carboxylic acids is 1. The van der Waals surface area contributed by atoms with Crippen LogP contribution in [0.1, 0.15) is 60.0 Å². The Morgan fingerprint density at radius 1 is 1.13 bits per heavy atom. The number of rotatable bonds is 0. The molecule has 0 aromatic heterocycles. The normalized spacial score (nSPS) is 31.1. The van der Waals surface area contributed by atoms with E-state index in [9.17, 15) is 18.3 Å². The molecule has 1 amide bonds. The average Bonchev–Trinajstić information content (AvgIpc) is 3.02. The zero-order valence-corrected chi connectivity index (χ0v) is 23.5. The van der Waals surface area contributed by atoms with Crippen LogP contribution in [0.3, 0.4) is 0 Å². The summed E-state index contributed by atoms with van der Waals surface area (Å²) >= 11 is 6.36. The summed E-state index contributed by atoms with van der Waals surface area (Å²) in [6.45, 7) is 1.94. The van der Waals surface area contributed by atoms with Crippen molar-refractivity contribution in [3.63, 3.8) is 0 Å². The number of aryl methyl sites for hydroxylation is 1. The van der Waals surface area contributed by atoms with E-state index in [2.05, 4.69) is 21.8 Å². The van der Waals surface area contributed by atoms with E-state index in [0.717, 1.165) is 49.4 Å². The second kappa shape index (κ2) is 10.5. The topological polar surface area (TPSA) is 95.9 Å². The number of aliphatic hydroxyl groups excluding tert-OH is 1. The van der Waals surface area contributed by atoms with Gasteiger partial charge in [-0.2, -0.15) is 0 Å². The molecule has 1 saturated carbocycles. The lowest BCUT2D eigenvalue weighted by molar-refractivity contribution is 0.0177. The van der Waals surface area contributed by atoms with Crippen molar-refractivity contribution in [2.75, 3.05) is 30.3 Å². The van der Waals surface area contributed by atoms with Crippen LogP contribution in [0.15, 0.2) is 48.6 Å². The van der Waals surface area contributed by atoms with E-state index in [1.54, 1.807) is 24.3 Å². The lowest BCUT2D eigenvalue weighted by atomic mass is 9.68. The summed E-state index contributed by atoms with van der Waals surface area (Å²) in [6.07, 6.45) is 8.95. The molecule has 2 aliphatic carbocycles. The van der Waals surface area contributed by atoms with Crippen LogP contribution in [-0.2, 0) is 21.9 Å². The van der Waals surface area contributed by atoms with E-state index in [1.807, 2.05) is 12.1 Å². The highest BCUT2D eigenvalue weighted by Gasteiger charge is 2.44. The third-order valence-corrected chi connectivity index (χ3v) is 10.6. The van der Waals surface area contributed by atoms with E-state index in [1.165, 1.54) is 11.1 Å². The number of hydrogen-bond acceptors (Lipinski definition) is 6. The van der Waals surface area contributed by atoms with Crippen molar-refractivity contribution in [2.45, 2.75) is 56.5 Å². The predicted octanol–water partition coefficient (Wildman–Crippen LogP) is 4.61. The minimum absolute atomic E-state index is 0.179. The van der Waals surface area contributed by atoms with Gasteiger partial charge < -0.3 is 14.7 Å². The van der Waals surface area contributed by atoms with Crippen LogP contribution in [0, 0.1) is 11.8 Å². The average molecular weight is 571 g/mol. The van der Waals surface area contributed by atoms with Gasteiger partial charge in [0.05, 0.1) is 24.2 Å². The van der Waals surface area contributed by atoms with Crippen LogP contribution in [-0.4, -0.2) is 51.0 Å². The Hall–Kier alpha value is -2.55. The number of carbonyl (C=O) groups is 1. The van der Waals surface area contributed by atoms with Gasteiger partial charge in [0.25, 0.3) is 5.91 Å². The number of aliphatic hydroxyl groups is 1. The van der Waals surface area contributed by atoms with Gasteiger partial charge in [-0.3, -0.25) is 4.79 Å². The number of fused-ring (bicyclic) bond motifs is 4. The first-order chi connectivity index (χ1) is 18.7. The van der Waals surface area contributed by atoms with Crippen molar-refractivity contribution in [1.82, 2.24) is 4.72 Å². The first-order valence-electron chi connectivity index (χ1n) is 13.9. The Bertz CT molecular complexity index is 1410. The second-order valence-corrected chi connectivity index (χ2v) is 13.9. The minimum Gasteiger partial charge on any atom is -0.490 e. The molecule has 4 atom stereocenters. The molecule has 1 spiro atoms. The van der Waals surface area contributed by atoms with Gasteiger partial charge in [0.1, 0.15) is 5.75 Å². The van der Waals surface area contributed by atoms with Gasteiger partial charge in [-0.1, -0.05) is 29.8 Å². The molecule has 2 N–H and O–H groups in total. The van der Waals surface area contributed by atoms with Gasteiger partial charge in [-0.05, 0) is 98.2 Å². The smallest absolute Gasteiger partial charge is 0.264 e. The summed E-state index contributed by atoms with van der Waals surface area (Å²) in [5, 5.41) is 11.7. The highest BCUT2D eigenvalue weighted by atomic mass is 35.5. The number of allylic oxidation sites excluding steroid dienone is 1. The molecular weight excluding hydrogens is 536 g/mol. The van der Waals surface area contributed by atoms with E-state index in [0.29, 0.717) is 31.2 Å². The van der Waals surface area contributed by atoms with E-state index < -0.39 is 22.0 Å². The first kappa shape index (κ1) is 26.7. The molecule has 2 aromatic carbocycles. The quantitative estimate of drug-likeness (QED) is 0.449. The molecule has 9 heteroatoms. The molecular formula is C30H35ClN2O5S. The number of nitrogens with zero attached hydrogens (tertiary/aromatic N) is 1. The summed E-state index contributed by atoms with van der Waals surface area (Å²) in [6, 6.07) is 11.3. The van der Waals surface area contributed by atoms with Crippen LogP contribution in [0.2, 0.25) is 5.02 Å². The predicted molar refractivity (Wildman–Crippen MR) is 152 cm³/mol. The van der Waals surface area contributed by atoms with Gasteiger partial charge in [-0.15, -0.1) is 0 Å². The van der Waals surface area contributed by atoms with Crippen LogP contribution in [0.25, 0.3) is 0 Å². The lowest BCUT2D eigenvalue weighted by Gasteiger charge is -2.45. The van der Waals surface area contributed by atoms with Gasteiger partial charge in [0, 0.05) is 29.1 Å². The van der Waals surface area contributed by atoms with Crippen molar-refractivity contribution >= 4 is 33.2 Å². The van der Waals surface area contributed by atoms with Crippen molar-refractivity contribution in [3.05, 3.63) is 70.3 Å². The summed E-state index contributed by atoms with van der Waals surface area (Å²) < 4.78 is 33.9. The fourth-order valence-corrected chi connectivity index (χ4v) is 8.01. The maximum atomic E-state index is 13.0. The number of halogens is 1. The molecule has 2 aliphatic heterocycles. The Morgan fingerprint density at radius 3 is 2.82 bits per heavy atom. The molecule has 0 unspecified atom stereocenters. The number of hydrogen-bond donors (Lipinski definition) is 2. The van der Waals surface area contributed by atoms with Crippen molar-refractivity contribution in [1.29, 1.82) is 0 Å². The monoisotopic (exact) mass is 570 g/mol. The highest BCUT2D eigenvalue weighted by molar-refractivity contribution is 7.90. The van der Waals surface area contributed by atoms with Gasteiger partial charge in [0.15, 0.2) is 0 Å². The molecule has 2 bridgehead atoms.